The number of H-pyrrole nitrogens is 1. The van der Waals surface area contributed by atoms with Crippen LogP contribution in [0, 0.1) is 0 Å². The molecule has 0 aliphatic carbocycles. The monoisotopic (exact) mass is 220 g/mol. The molecular formula is C12H16N2O2. The molecule has 0 aliphatic rings. The molecule has 0 saturated heterocycles. The number of hydrogen-bond acceptors (Lipinski definition) is 3. The topological polar surface area (TPSA) is 72.0 Å². The van der Waals surface area contributed by atoms with Gasteiger partial charge in [-0.05, 0) is 36.1 Å². The van der Waals surface area contributed by atoms with E-state index in [9.17, 15) is 4.79 Å². The van der Waals surface area contributed by atoms with Gasteiger partial charge in [0.05, 0.1) is 5.52 Å². The van der Waals surface area contributed by atoms with Gasteiger partial charge in [0.2, 0.25) is 0 Å². The predicted molar refractivity (Wildman–Crippen MR) is 63.5 cm³/mol. The van der Waals surface area contributed by atoms with Crippen LogP contribution < -0.4 is 11.5 Å². The highest BCUT2D eigenvalue weighted by atomic mass is 16.4. The Bertz CT molecular complexity index is 551. The molecule has 1 heterocycles. The Labute approximate surface area is 93.5 Å². The molecule has 2 aromatic rings. The van der Waals surface area contributed by atoms with Crippen molar-refractivity contribution in [2.45, 2.75) is 25.7 Å². The number of aromatic nitrogens is 1. The van der Waals surface area contributed by atoms with Crippen molar-refractivity contribution in [3.05, 3.63) is 34.3 Å². The van der Waals surface area contributed by atoms with Crippen LogP contribution in [0.25, 0.3) is 11.1 Å². The van der Waals surface area contributed by atoms with Crippen LogP contribution in [0.15, 0.2) is 27.4 Å². The lowest BCUT2D eigenvalue weighted by atomic mass is 9.81. The van der Waals surface area contributed by atoms with Gasteiger partial charge in [-0.3, -0.25) is 4.98 Å². The van der Waals surface area contributed by atoms with Crippen molar-refractivity contribution in [1.82, 2.24) is 4.98 Å². The molecule has 0 saturated carbocycles. The summed E-state index contributed by atoms with van der Waals surface area (Å²) in [4.78, 5) is 13.7. The molecule has 86 valence electrons. The van der Waals surface area contributed by atoms with Crippen LogP contribution in [0.4, 0.5) is 0 Å². The highest BCUT2D eigenvalue weighted by Gasteiger charge is 2.20. The molecule has 0 spiro atoms. The molecule has 0 bridgehead atoms. The van der Waals surface area contributed by atoms with E-state index in [-0.39, 0.29) is 5.41 Å². The molecule has 0 unspecified atom stereocenters. The fourth-order valence-electron chi connectivity index (χ4n) is 1.88. The van der Waals surface area contributed by atoms with E-state index in [1.807, 2.05) is 18.2 Å². The standard InChI is InChI=1S/C12H16N2O2/c1-12(2,5-6-13)8-3-4-10-9(7-8)14-11(15)16-10/h3-4,7H,5-6,13H2,1-2H3,(H,14,15). The maximum atomic E-state index is 11.0. The maximum absolute atomic E-state index is 11.0. The summed E-state index contributed by atoms with van der Waals surface area (Å²) < 4.78 is 4.96. The lowest BCUT2D eigenvalue weighted by Gasteiger charge is -2.24. The van der Waals surface area contributed by atoms with Crippen LogP contribution in [-0.2, 0) is 5.41 Å². The van der Waals surface area contributed by atoms with E-state index in [1.165, 1.54) is 0 Å². The van der Waals surface area contributed by atoms with Gasteiger partial charge in [-0.1, -0.05) is 19.9 Å². The number of nitrogens with one attached hydrogen (secondary N) is 1. The Morgan fingerprint density at radius 1 is 1.44 bits per heavy atom. The summed E-state index contributed by atoms with van der Waals surface area (Å²) in [5, 5.41) is 0. The normalized spacial score (nSPS) is 12.2. The Balaban J connectivity index is 2.49. The van der Waals surface area contributed by atoms with Gasteiger partial charge < -0.3 is 10.2 Å². The number of oxazole rings is 1. The SMILES string of the molecule is CC(C)(CCN)c1ccc2oc(=O)[nH]c2c1. The summed E-state index contributed by atoms with van der Waals surface area (Å²) >= 11 is 0. The smallest absolute Gasteiger partial charge is 0.408 e. The highest BCUT2D eigenvalue weighted by Crippen LogP contribution is 2.28. The first-order chi connectivity index (χ1) is 7.53. The van der Waals surface area contributed by atoms with E-state index in [2.05, 4.69) is 18.8 Å². The number of hydrogen-bond donors (Lipinski definition) is 2. The molecule has 1 aromatic carbocycles. The van der Waals surface area contributed by atoms with E-state index in [1.54, 1.807) is 0 Å². The molecule has 0 atom stereocenters. The van der Waals surface area contributed by atoms with Gasteiger partial charge in [0, 0.05) is 0 Å². The molecule has 16 heavy (non-hydrogen) atoms. The van der Waals surface area contributed by atoms with Crippen molar-refractivity contribution >= 4 is 11.1 Å². The fraction of sp³-hybridized carbons (Fsp3) is 0.417. The first-order valence-corrected chi connectivity index (χ1v) is 5.36. The number of nitrogens with two attached hydrogens (primary N) is 1. The largest absolute Gasteiger partial charge is 0.417 e. The minimum absolute atomic E-state index is 0.0110. The van der Waals surface area contributed by atoms with Gasteiger partial charge in [0.1, 0.15) is 0 Å². The molecular weight excluding hydrogens is 204 g/mol. The summed E-state index contributed by atoms with van der Waals surface area (Å²) in [6.07, 6.45) is 0.903. The van der Waals surface area contributed by atoms with Gasteiger partial charge in [0.15, 0.2) is 5.58 Å². The zero-order valence-corrected chi connectivity index (χ0v) is 9.54. The van der Waals surface area contributed by atoms with E-state index in [0.29, 0.717) is 12.1 Å². The van der Waals surface area contributed by atoms with Crippen LogP contribution >= 0.6 is 0 Å². The molecule has 0 aliphatic heterocycles. The second kappa shape index (κ2) is 3.79. The summed E-state index contributed by atoms with van der Waals surface area (Å²) in [5.74, 6) is -0.413. The van der Waals surface area contributed by atoms with Crippen molar-refractivity contribution in [2.24, 2.45) is 5.73 Å². The average Bonchev–Trinajstić information content (AvgIpc) is 2.56. The van der Waals surface area contributed by atoms with E-state index in [4.69, 9.17) is 10.2 Å². The van der Waals surface area contributed by atoms with Crippen LogP contribution in [0.2, 0.25) is 0 Å². The summed E-state index contributed by atoms with van der Waals surface area (Å²) in [6, 6.07) is 5.76. The summed E-state index contributed by atoms with van der Waals surface area (Å²) in [5.41, 5.74) is 8.10. The van der Waals surface area contributed by atoms with Crippen molar-refractivity contribution in [3.8, 4) is 0 Å². The second-order valence-electron chi connectivity index (χ2n) is 4.65. The molecule has 3 N–H and O–H groups in total. The molecule has 0 radical (unpaired) electrons. The zero-order chi connectivity index (χ0) is 11.8. The third-order valence-electron chi connectivity index (χ3n) is 2.97. The predicted octanol–water partition coefficient (Wildman–Crippen LogP) is 1.75. The minimum atomic E-state index is -0.413. The van der Waals surface area contributed by atoms with Gasteiger partial charge in [-0.25, -0.2) is 4.79 Å². The van der Waals surface area contributed by atoms with Crippen molar-refractivity contribution in [3.63, 3.8) is 0 Å². The van der Waals surface area contributed by atoms with Crippen LogP contribution in [0.5, 0.6) is 0 Å². The van der Waals surface area contributed by atoms with Crippen LogP contribution in [-0.4, -0.2) is 11.5 Å². The van der Waals surface area contributed by atoms with E-state index < -0.39 is 5.76 Å². The molecule has 0 fully saturated rings. The Hall–Kier alpha value is -1.55. The molecule has 2 rings (SSSR count). The fourth-order valence-corrected chi connectivity index (χ4v) is 1.88. The number of benzene rings is 1. The summed E-state index contributed by atoms with van der Waals surface area (Å²) in [6.45, 7) is 4.92. The quantitative estimate of drug-likeness (QED) is 0.827. The van der Waals surface area contributed by atoms with Crippen molar-refractivity contribution in [2.75, 3.05) is 6.54 Å². The number of fused-ring (bicyclic) bond motifs is 1. The van der Waals surface area contributed by atoms with Gasteiger partial charge in [0.25, 0.3) is 0 Å². The Morgan fingerprint density at radius 3 is 2.88 bits per heavy atom. The summed E-state index contributed by atoms with van der Waals surface area (Å²) in [7, 11) is 0. The average molecular weight is 220 g/mol. The van der Waals surface area contributed by atoms with Gasteiger partial charge in [-0.2, -0.15) is 0 Å². The van der Waals surface area contributed by atoms with Crippen LogP contribution in [0.1, 0.15) is 25.8 Å². The Kier molecular flexibility index (Phi) is 2.59. The minimum Gasteiger partial charge on any atom is -0.408 e. The van der Waals surface area contributed by atoms with Gasteiger partial charge >= 0.3 is 5.76 Å². The first-order valence-electron chi connectivity index (χ1n) is 5.36. The van der Waals surface area contributed by atoms with Gasteiger partial charge in [-0.15, -0.1) is 0 Å². The lowest BCUT2D eigenvalue weighted by molar-refractivity contribution is 0.488. The van der Waals surface area contributed by atoms with Crippen LogP contribution in [0.3, 0.4) is 0 Å². The number of aromatic amines is 1. The third-order valence-corrected chi connectivity index (χ3v) is 2.97. The number of rotatable bonds is 3. The second-order valence-corrected chi connectivity index (χ2v) is 4.65. The van der Waals surface area contributed by atoms with Crippen molar-refractivity contribution in [1.29, 1.82) is 0 Å². The molecule has 1 aromatic heterocycles. The van der Waals surface area contributed by atoms with E-state index >= 15 is 0 Å². The molecule has 0 amide bonds. The molecule has 4 heteroatoms. The first kappa shape index (κ1) is 11.0. The highest BCUT2D eigenvalue weighted by molar-refractivity contribution is 5.73. The molecule has 4 nitrogen and oxygen atoms in total. The third kappa shape index (κ3) is 1.88. The lowest BCUT2D eigenvalue weighted by Crippen LogP contribution is -2.21. The Morgan fingerprint density at radius 2 is 2.19 bits per heavy atom. The maximum Gasteiger partial charge on any atom is 0.417 e. The van der Waals surface area contributed by atoms with E-state index in [0.717, 1.165) is 17.5 Å². The van der Waals surface area contributed by atoms with Crippen molar-refractivity contribution < 1.29 is 4.42 Å². The zero-order valence-electron chi connectivity index (χ0n) is 9.54.